The lowest BCUT2D eigenvalue weighted by Crippen LogP contribution is -2.62. The molecule has 1 aromatic carbocycles. The van der Waals surface area contributed by atoms with Gasteiger partial charge in [0.25, 0.3) is 0 Å². The SMILES string of the molecule is CCc1ccccc1N1CC(C)N(C)C(CN)C1=O. The molecule has 2 unspecified atom stereocenters. The Balaban J connectivity index is 2.36. The first-order valence-electron chi connectivity index (χ1n) is 6.91. The molecule has 19 heavy (non-hydrogen) atoms. The first-order chi connectivity index (χ1) is 9.10. The Morgan fingerprint density at radius 1 is 1.37 bits per heavy atom. The van der Waals surface area contributed by atoms with Gasteiger partial charge in [-0.3, -0.25) is 9.69 Å². The van der Waals surface area contributed by atoms with Gasteiger partial charge in [0.05, 0.1) is 0 Å². The van der Waals surface area contributed by atoms with Gasteiger partial charge in [0.2, 0.25) is 5.91 Å². The summed E-state index contributed by atoms with van der Waals surface area (Å²) in [6.45, 7) is 5.34. The van der Waals surface area contributed by atoms with Crippen molar-refractivity contribution in [1.29, 1.82) is 0 Å². The van der Waals surface area contributed by atoms with Crippen LogP contribution in [0.1, 0.15) is 19.4 Å². The fourth-order valence-electron chi connectivity index (χ4n) is 2.70. The maximum absolute atomic E-state index is 12.6. The Kier molecular flexibility index (Phi) is 4.22. The fraction of sp³-hybridized carbons (Fsp3) is 0.533. The van der Waals surface area contributed by atoms with Crippen LogP contribution in [0.2, 0.25) is 0 Å². The molecule has 1 heterocycles. The number of rotatable bonds is 3. The van der Waals surface area contributed by atoms with E-state index in [0.717, 1.165) is 18.7 Å². The van der Waals surface area contributed by atoms with Crippen molar-refractivity contribution in [2.75, 3.05) is 25.0 Å². The molecule has 1 aliphatic heterocycles. The largest absolute Gasteiger partial charge is 0.328 e. The first kappa shape index (κ1) is 14.0. The highest BCUT2D eigenvalue weighted by atomic mass is 16.2. The quantitative estimate of drug-likeness (QED) is 0.890. The number of aryl methyl sites for hydroxylation is 1. The van der Waals surface area contributed by atoms with Crippen LogP contribution >= 0.6 is 0 Å². The monoisotopic (exact) mass is 261 g/mol. The highest BCUT2D eigenvalue weighted by Crippen LogP contribution is 2.26. The lowest BCUT2D eigenvalue weighted by Gasteiger charge is -2.43. The number of nitrogens with two attached hydrogens (primary N) is 1. The number of piperazine rings is 1. The highest BCUT2D eigenvalue weighted by molar-refractivity contribution is 5.98. The van der Waals surface area contributed by atoms with E-state index in [1.54, 1.807) is 0 Å². The summed E-state index contributed by atoms with van der Waals surface area (Å²) in [5.74, 6) is 0.115. The van der Waals surface area contributed by atoms with Crippen LogP contribution in [0, 0.1) is 0 Å². The number of carbonyl (C=O) groups is 1. The van der Waals surface area contributed by atoms with E-state index in [9.17, 15) is 4.79 Å². The molecule has 1 amide bonds. The Labute approximate surface area is 115 Å². The van der Waals surface area contributed by atoms with Gasteiger partial charge < -0.3 is 10.6 Å². The molecule has 0 bridgehead atoms. The van der Waals surface area contributed by atoms with Gasteiger partial charge in [-0.05, 0) is 32.0 Å². The molecule has 0 radical (unpaired) electrons. The predicted octanol–water partition coefficient (Wildman–Crippen LogP) is 1.24. The highest BCUT2D eigenvalue weighted by Gasteiger charge is 2.36. The number of likely N-dealkylation sites (N-methyl/N-ethyl adjacent to an activating group) is 1. The predicted molar refractivity (Wildman–Crippen MR) is 78.2 cm³/mol. The van der Waals surface area contributed by atoms with Crippen molar-refractivity contribution in [1.82, 2.24) is 4.90 Å². The van der Waals surface area contributed by atoms with Gasteiger partial charge in [-0.25, -0.2) is 0 Å². The summed E-state index contributed by atoms with van der Waals surface area (Å²) >= 11 is 0. The number of carbonyl (C=O) groups excluding carboxylic acids is 1. The molecule has 1 aromatic rings. The van der Waals surface area contributed by atoms with Crippen molar-refractivity contribution in [2.24, 2.45) is 5.73 Å². The minimum Gasteiger partial charge on any atom is -0.328 e. The number of nitrogens with zero attached hydrogens (tertiary/aromatic N) is 2. The maximum Gasteiger partial charge on any atom is 0.245 e. The van der Waals surface area contributed by atoms with Crippen LogP contribution in [0.4, 0.5) is 5.69 Å². The van der Waals surface area contributed by atoms with Crippen molar-refractivity contribution in [3.63, 3.8) is 0 Å². The summed E-state index contributed by atoms with van der Waals surface area (Å²) in [6, 6.07) is 8.23. The van der Waals surface area contributed by atoms with E-state index in [1.165, 1.54) is 5.56 Å². The number of amides is 1. The normalized spacial score (nSPS) is 24.8. The maximum atomic E-state index is 12.6. The van der Waals surface area contributed by atoms with Crippen LogP contribution in [0.3, 0.4) is 0 Å². The summed E-state index contributed by atoms with van der Waals surface area (Å²) in [6.07, 6.45) is 0.928. The number of para-hydroxylation sites is 1. The average Bonchev–Trinajstić information content (AvgIpc) is 2.43. The van der Waals surface area contributed by atoms with Crippen LogP contribution in [0.25, 0.3) is 0 Å². The Morgan fingerprint density at radius 3 is 2.68 bits per heavy atom. The van der Waals surface area contributed by atoms with Crippen molar-refractivity contribution in [3.8, 4) is 0 Å². The van der Waals surface area contributed by atoms with Crippen molar-refractivity contribution in [3.05, 3.63) is 29.8 Å². The lowest BCUT2D eigenvalue weighted by molar-refractivity contribution is -0.126. The van der Waals surface area contributed by atoms with Crippen molar-refractivity contribution >= 4 is 11.6 Å². The summed E-state index contributed by atoms with van der Waals surface area (Å²) < 4.78 is 0. The number of benzene rings is 1. The zero-order valence-corrected chi connectivity index (χ0v) is 12.0. The second-order valence-electron chi connectivity index (χ2n) is 5.20. The molecule has 1 saturated heterocycles. The smallest absolute Gasteiger partial charge is 0.245 e. The molecule has 0 spiro atoms. The van der Waals surface area contributed by atoms with E-state index in [-0.39, 0.29) is 11.9 Å². The van der Waals surface area contributed by atoms with E-state index >= 15 is 0 Å². The van der Waals surface area contributed by atoms with Gasteiger partial charge >= 0.3 is 0 Å². The van der Waals surface area contributed by atoms with Crippen LogP contribution in [-0.2, 0) is 11.2 Å². The lowest BCUT2D eigenvalue weighted by atomic mass is 10.0. The molecule has 2 rings (SSSR count). The molecule has 0 saturated carbocycles. The number of hydrogen-bond donors (Lipinski definition) is 1. The Bertz CT molecular complexity index is 460. The Hall–Kier alpha value is -1.39. The molecule has 1 aliphatic rings. The second-order valence-corrected chi connectivity index (χ2v) is 5.20. The number of anilines is 1. The third-order valence-corrected chi connectivity index (χ3v) is 4.07. The topological polar surface area (TPSA) is 49.6 Å². The average molecular weight is 261 g/mol. The molecule has 1 fully saturated rings. The van der Waals surface area contributed by atoms with E-state index in [1.807, 2.05) is 30.1 Å². The van der Waals surface area contributed by atoms with E-state index < -0.39 is 0 Å². The molecule has 4 heteroatoms. The van der Waals surface area contributed by atoms with E-state index in [2.05, 4.69) is 24.8 Å². The molecular formula is C15H23N3O. The van der Waals surface area contributed by atoms with Crippen LogP contribution < -0.4 is 10.6 Å². The van der Waals surface area contributed by atoms with Crippen LogP contribution in [-0.4, -0.2) is 43.0 Å². The van der Waals surface area contributed by atoms with Crippen LogP contribution in [0.15, 0.2) is 24.3 Å². The molecule has 2 N–H and O–H groups in total. The standard InChI is InChI=1S/C15H23N3O/c1-4-12-7-5-6-8-13(12)18-10-11(2)17(3)14(9-16)15(18)19/h5-8,11,14H,4,9-10,16H2,1-3H3. The van der Waals surface area contributed by atoms with Gasteiger partial charge in [0.15, 0.2) is 0 Å². The molecule has 0 aliphatic carbocycles. The summed E-state index contributed by atoms with van der Waals surface area (Å²) in [4.78, 5) is 16.6. The van der Waals surface area contributed by atoms with Crippen molar-refractivity contribution < 1.29 is 4.79 Å². The minimum atomic E-state index is -0.214. The van der Waals surface area contributed by atoms with Gasteiger partial charge in [-0.2, -0.15) is 0 Å². The van der Waals surface area contributed by atoms with Crippen molar-refractivity contribution in [2.45, 2.75) is 32.4 Å². The van der Waals surface area contributed by atoms with Gasteiger partial charge in [0.1, 0.15) is 6.04 Å². The van der Waals surface area contributed by atoms with Gasteiger partial charge in [0, 0.05) is 24.8 Å². The zero-order chi connectivity index (χ0) is 14.0. The van der Waals surface area contributed by atoms with Gasteiger partial charge in [-0.1, -0.05) is 25.1 Å². The summed E-state index contributed by atoms with van der Waals surface area (Å²) in [5, 5.41) is 0. The molecule has 2 atom stereocenters. The van der Waals surface area contributed by atoms with E-state index in [4.69, 9.17) is 5.73 Å². The van der Waals surface area contributed by atoms with Crippen LogP contribution in [0.5, 0.6) is 0 Å². The fourth-order valence-corrected chi connectivity index (χ4v) is 2.70. The molecule has 0 aromatic heterocycles. The third kappa shape index (κ3) is 2.51. The second kappa shape index (κ2) is 5.72. The Morgan fingerprint density at radius 2 is 2.05 bits per heavy atom. The number of hydrogen-bond acceptors (Lipinski definition) is 3. The molecule has 4 nitrogen and oxygen atoms in total. The third-order valence-electron chi connectivity index (χ3n) is 4.07. The first-order valence-corrected chi connectivity index (χ1v) is 6.91. The summed E-state index contributed by atoms with van der Waals surface area (Å²) in [5.41, 5.74) is 8.02. The van der Waals surface area contributed by atoms with E-state index in [0.29, 0.717) is 12.6 Å². The zero-order valence-electron chi connectivity index (χ0n) is 12.0. The van der Waals surface area contributed by atoms with Gasteiger partial charge in [-0.15, -0.1) is 0 Å². The molecular weight excluding hydrogens is 238 g/mol. The summed E-state index contributed by atoms with van der Waals surface area (Å²) in [7, 11) is 1.98. The minimum absolute atomic E-state index is 0.115. The molecule has 104 valence electrons.